The van der Waals surface area contributed by atoms with Gasteiger partial charge in [0.1, 0.15) is 17.2 Å². The summed E-state index contributed by atoms with van der Waals surface area (Å²) in [4.78, 5) is 18.0. The summed E-state index contributed by atoms with van der Waals surface area (Å²) in [6.07, 6.45) is 3.62. The molecular weight excluding hydrogens is 406 g/mol. The zero-order valence-corrected chi connectivity index (χ0v) is 19.2. The number of amidine groups is 1. The van der Waals surface area contributed by atoms with Gasteiger partial charge in [0.05, 0.1) is 27.4 Å². The van der Waals surface area contributed by atoms with Gasteiger partial charge in [-0.1, -0.05) is 0 Å². The fourth-order valence-corrected chi connectivity index (χ4v) is 3.65. The van der Waals surface area contributed by atoms with Crippen LogP contribution in [-0.2, 0) is 0 Å². The number of likely N-dealkylation sites (N-methyl/N-ethyl adjacent to an activating group) is 1. The Morgan fingerprint density at radius 2 is 1.78 bits per heavy atom. The number of aliphatic imine (C=N–C) groups is 3. The monoisotopic (exact) mass is 439 g/mol. The molecule has 2 aliphatic heterocycles. The molecular formula is C23H33N7O2. The summed E-state index contributed by atoms with van der Waals surface area (Å²) in [5.74, 6) is 2.06. The van der Waals surface area contributed by atoms with Gasteiger partial charge in [0, 0.05) is 61.8 Å². The maximum Gasteiger partial charge on any atom is 0.152 e. The van der Waals surface area contributed by atoms with E-state index in [0.717, 1.165) is 49.6 Å². The van der Waals surface area contributed by atoms with Crippen LogP contribution < -0.4 is 20.5 Å². The molecule has 3 rings (SSSR count). The number of rotatable bonds is 8. The van der Waals surface area contributed by atoms with Gasteiger partial charge in [0.25, 0.3) is 0 Å². The highest BCUT2D eigenvalue weighted by molar-refractivity contribution is 6.50. The maximum atomic E-state index is 5.75. The Labute approximate surface area is 190 Å². The number of methoxy groups -OCH3 is 2. The zero-order valence-electron chi connectivity index (χ0n) is 19.2. The molecule has 1 aromatic rings. The largest absolute Gasteiger partial charge is 0.497 e. The van der Waals surface area contributed by atoms with E-state index >= 15 is 0 Å². The van der Waals surface area contributed by atoms with Crippen molar-refractivity contribution in [3.8, 4) is 11.5 Å². The van der Waals surface area contributed by atoms with Gasteiger partial charge >= 0.3 is 0 Å². The predicted octanol–water partition coefficient (Wildman–Crippen LogP) is 1.24. The van der Waals surface area contributed by atoms with Crippen molar-refractivity contribution in [2.24, 2.45) is 20.7 Å². The third-order valence-corrected chi connectivity index (χ3v) is 5.47. The average Bonchev–Trinajstić information content (AvgIpc) is 2.81. The third kappa shape index (κ3) is 6.03. The Hall–Kier alpha value is -3.01. The molecule has 0 atom stereocenters. The van der Waals surface area contributed by atoms with Crippen molar-refractivity contribution in [2.75, 3.05) is 67.2 Å². The number of allylic oxidation sites excluding steroid dienone is 1. The maximum absolute atomic E-state index is 5.75. The van der Waals surface area contributed by atoms with Crippen LogP contribution in [0.3, 0.4) is 0 Å². The molecule has 1 aromatic carbocycles. The molecule has 3 N–H and O–H groups in total. The van der Waals surface area contributed by atoms with Crippen molar-refractivity contribution < 1.29 is 9.47 Å². The molecule has 1 saturated heterocycles. The van der Waals surface area contributed by atoms with Crippen LogP contribution in [0.25, 0.3) is 5.70 Å². The first-order valence-electron chi connectivity index (χ1n) is 10.7. The lowest BCUT2D eigenvalue weighted by Gasteiger charge is -2.32. The number of benzene rings is 1. The minimum Gasteiger partial charge on any atom is -0.497 e. The van der Waals surface area contributed by atoms with Crippen molar-refractivity contribution >= 4 is 24.0 Å². The number of piperazine rings is 1. The van der Waals surface area contributed by atoms with Gasteiger partial charge < -0.3 is 25.4 Å². The van der Waals surface area contributed by atoms with E-state index in [1.54, 1.807) is 20.4 Å². The first-order chi connectivity index (χ1) is 15.6. The molecule has 32 heavy (non-hydrogen) atoms. The molecule has 0 aromatic heterocycles. The van der Waals surface area contributed by atoms with E-state index < -0.39 is 0 Å². The first kappa shape index (κ1) is 23.6. The minimum atomic E-state index is 0.152. The van der Waals surface area contributed by atoms with Crippen molar-refractivity contribution in [3.05, 3.63) is 41.6 Å². The van der Waals surface area contributed by atoms with E-state index in [2.05, 4.69) is 38.9 Å². The molecule has 9 nitrogen and oxygen atoms in total. The predicted molar refractivity (Wildman–Crippen MR) is 131 cm³/mol. The fourth-order valence-electron chi connectivity index (χ4n) is 3.65. The Bertz CT molecular complexity index is 906. The van der Waals surface area contributed by atoms with Crippen LogP contribution in [0.4, 0.5) is 0 Å². The Morgan fingerprint density at radius 1 is 1.09 bits per heavy atom. The summed E-state index contributed by atoms with van der Waals surface area (Å²) in [7, 11) is 5.42. The lowest BCUT2D eigenvalue weighted by Crippen LogP contribution is -2.45. The number of ether oxygens (including phenoxy) is 2. The van der Waals surface area contributed by atoms with Gasteiger partial charge in [0.15, 0.2) is 5.84 Å². The van der Waals surface area contributed by atoms with E-state index in [0.29, 0.717) is 29.6 Å². The van der Waals surface area contributed by atoms with Gasteiger partial charge in [-0.2, -0.15) is 0 Å². The molecule has 0 saturated carbocycles. The molecule has 1 fully saturated rings. The average molecular weight is 440 g/mol. The summed E-state index contributed by atoms with van der Waals surface area (Å²) >= 11 is 0. The van der Waals surface area contributed by atoms with Crippen LogP contribution in [0.1, 0.15) is 5.56 Å². The SMILES string of the molecule is C=N/C=C1/C=C(c2cc(OC)cc(OC)c2)NC(=NCCN2CCN(C)CC2)C1=NCN. The molecule has 0 bridgehead atoms. The van der Waals surface area contributed by atoms with E-state index in [1.165, 1.54) is 0 Å². The van der Waals surface area contributed by atoms with Gasteiger partial charge in [0.2, 0.25) is 0 Å². The highest BCUT2D eigenvalue weighted by atomic mass is 16.5. The van der Waals surface area contributed by atoms with E-state index in [-0.39, 0.29) is 6.67 Å². The van der Waals surface area contributed by atoms with Crippen molar-refractivity contribution in [1.29, 1.82) is 0 Å². The number of hydrogen-bond acceptors (Lipinski definition) is 8. The van der Waals surface area contributed by atoms with Gasteiger partial charge in [-0.05, 0) is 32.0 Å². The Morgan fingerprint density at radius 3 is 2.38 bits per heavy atom. The summed E-state index contributed by atoms with van der Waals surface area (Å²) in [5.41, 5.74) is 8.96. The zero-order chi connectivity index (χ0) is 22.9. The Balaban J connectivity index is 1.89. The number of hydrogen-bond donors (Lipinski definition) is 2. The fraction of sp³-hybridized carbons (Fsp3) is 0.435. The van der Waals surface area contributed by atoms with E-state index in [1.807, 2.05) is 24.3 Å². The summed E-state index contributed by atoms with van der Waals surface area (Å²) < 4.78 is 10.9. The van der Waals surface area contributed by atoms with Crippen LogP contribution in [0.15, 0.2) is 51.0 Å². The highest BCUT2D eigenvalue weighted by Gasteiger charge is 2.22. The van der Waals surface area contributed by atoms with E-state index in [9.17, 15) is 0 Å². The van der Waals surface area contributed by atoms with Gasteiger partial charge in [-0.25, -0.2) is 0 Å². The quantitative estimate of drug-likeness (QED) is 0.591. The second-order valence-corrected chi connectivity index (χ2v) is 7.62. The second kappa shape index (κ2) is 11.6. The number of nitrogens with one attached hydrogen (secondary N) is 1. The molecule has 0 spiro atoms. The normalized spacial score (nSPS) is 21.5. The standard InChI is InChI=1S/C23H33N7O2/c1-25-15-18-13-21(17-11-19(31-3)14-20(12-17)32-4)28-23(22(18)27-16-24)26-5-6-30-9-7-29(2)8-10-30/h11-15H,1,5-10,16,24H2,2-4H3,(H,26,28)/b18-15-,27-22?. The molecule has 172 valence electrons. The van der Waals surface area contributed by atoms with Crippen LogP contribution >= 0.6 is 0 Å². The molecule has 2 heterocycles. The van der Waals surface area contributed by atoms with Gasteiger partial charge in [-0.3, -0.25) is 19.9 Å². The van der Waals surface area contributed by atoms with Crippen molar-refractivity contribution in [2.45, 2.75) is 0 Å². The number of nitrogens with two attached hydrogens (primary N) is 1. The topological polar surface area (TPSA) is 100 Å². The molecule has 0 radical (unpaired) electrons. The molecule has 9 heteroatoms. The van der Waals surface area contributed by atoms with Crippen molar-refractivity contribution in [3.63, 3.8) is 0 Å². The summed E-state index contributed by atoms with van der Waals surface area (Å²) in [6.45, 7) is 9.57. The highest BCUT2D eigenvalue weighted by Crippen LogP contribution is 2.28. The molecule has 2 aliphatic rings. The van der Waals surface area contributed by atoms with Gasteiger partial charge in [-0.15, -0.1) is 0 Å². The first-order valence-corrected chi connectivity index (χ1v) is 10.7. The smallest absolute Gasteiger partial charge is 0.152 e. The van der Waals surface area contributed by atoms with E-state index in [4.69, 9.17) is 20.2 Å². The van der Waals surface area contributed by atoms with Crippen LogP contribution in [-0.4, -0.2) is 95.3 Å². The lowest BCUT2D eigenvalue weighted by atomic mass is 10.0. The van der Waals surface area contributed by atoms with Crippen molar-refractivity contribution in [1.82, 2.24) is 15.1 Å². The van der Waals surface area contributed by atoms with Crippen LogP contribution in [0, 0.1) is 0 Å². The Kier molecular flexibility index (Phi) is 8.55. The molecule has 0 aliphatic carbocycles. The third-order valence-electron chi connectivity index (χ3n) is 5.47. The van der Waals surface area contributed by atoms with Crippen LogP contribution in [0.5, 0.6) is 11.5 Å². The number of nitrogens with zero attached hydrogens (tertiary/aromatic N) is 5. The second-order valence-electron chi connectivity index (χ2n) is 7.62. The summed E-state index contributed by atoms with van der Waals surface area (Å²) in [6, 6.07) is 5.71. The van der Waals surface area contributed by atoms with Crippen LogP contribution in [0.2, 0.25) is 0 Å². The molecule has 0 amide bonds. The molecule has 0 unspecified atom stereocenters. The lowest BCUT2D eigenvalue weighted by molar-refractivity contribution is 0.157. The minimum absolute atomic E-state index is 0.152. The summed E-state index contributed by atoms with van der Waals surface area (Å²) in [5, 5.41) is 3.42.